The molecule has 3 heterocycles. The number of aryl methyl sites for hydroxylation is 1. The number of anilines is 1. The van der Waals surface area contributed by atoms with E-state index in [1.54, 1.807) is 12.1 Å². The smallest absolute Gasteiger partial charge is 0.418 e. The number of nitrogens with two attached hydrogens (primary N) is 2. The minimum Gasteiger partial charge on any atom is -0.485 e. The van der Waals surface area contributed by atoms with Gasteiger partial charge in [-0.1, -0.05) is 5.16 Å². The number of ether oxygens (including phenoxy) is 1. The highest BCUT2D eigenvalue weighted by Gasteiger charge is 2.65. The van der Waals surface area contributed by atoms with Gasteiger partial charge in [0.1, 0.15) is 23.3 Å². The quantitative estimate of drug-likeness (QED) is 0.0511. The normalized spacial score (nSPS) is 28.0. The average Bonchev–Trinajstić information content (AvgIpc) is 3.43. The van der Waals surface area contributed by atoms with Crippen LogP contribution in [0.4, 0.5) is 5.13 Å². The number of thiazole rings is 1. The molecule has 264 valence electrons. The summed E-state index contributed by atoms with van der Waals surface area (Å²) in [6.07, 6.45) is 2.41. The molecule has 9 N–H and O–H groups in total. The van der Waals surface area contributed by atoms with E-state index < -0.39 is 57.2 Å². The molecule has 20 heteroatoms. The summed E-state index contributed by atoms with van der Waals surface area (Å²) in [5.74, 6) is -2.78. The van der Waals surface area contributed by atoms with Gasteiger partial charge in [-0.2, -0.15) is 13.5 Å². The number of benzene rings is 1. The number of nitrogens with one attached hydrogen (secondary N) is 3. The Balaban J connectivity index is 1.16. The van der Waals surface area contributed by atoms with E-state index in [-0.39, 0.29) is 34.0 Å². The van der Waals surface area contributed by atoms with E-state index in [1.807, 2.05) is 6.07 Å². The summed E-state index contributed by atoms with van der Waals surface area (Å²) < 4.78 is 41.7. The second kappa shape index (κ2) is 11.6. The third kappa shape index (κ3) is 6.29. The lowest BCUT2D eigenvalue weighted by Gasteiger charge is -2.69. The van der Waals surface area contributed by atoms with Crippen LogP contribution in [0.25, 0.3) is 0 Å². The Kier molecular flexibility index (Phi) is 8.17. The number of amides is 2. The van der Waals surface area contributed by atoms with Gasteiger partial charge in [0.2, 0.25) is 0 Å². The van der Waals surface area contributed by atoms with Crippen LogP contribution in [0.3, 0.4) is 0 Å². The van der Waals surface area contributed by atoms with Crippen molar-refractivity contribution in [2.45, 2.75) is 81.7 Å². The van der Waals surface area contributed by atoms with Crippen LogP contribution in [0, 0.1) is 10.8 Å². The Morgan fingerprint density at radius 3 is 2.57 bits per heavy atom. The van der Waals surface area contributed by atoms with Gasteiger partial charge in [-0.25, -0.2) is 9.78 Å². The van der Waals surface area contributed by atoms with Crippen LogP contribution in [0.2, 0.25) is 0 Å². The molecule has 0 unspecified atom stereocenters. The molecule has 0 spiro atoms. The zero-order valence-electron chi connectivity index (χ0n) is 26.7. The number of aliphatic carboxylic acids is 1. The summed E-state index contributed by atoms with van der Waals surface area (Å²) in [5, 5.41) is 30.1. The second-order valence-electron chi connectivity index (χ2n) is 13.8. The summed E-state index contributed by atoms with van der Waals surface area (Å²) in [4.78, 5) is 48.3. The summed E-state index contributed by atoms with van der Waals surface area (Å²) in [6.45, 7) is 4.66. The summed E-state index contributed by atoms with van der Waals surface area (Å²) >= 11 is 0.964. The molecule has 2 aromatic rings. The first-order chi connectivity index (χ1) is 22.7. The minimum atomic E-state index is -5.03. The highest BCUT2D eigenvalue weighted by molar-refractivity contribution is 7.80. The molecule has 0 radical (unpaired) electrons. The zero-order valence-corrected chi connectivity index (χ0v) is 28.3. The first-order valence-corrected chi connectivity index (χ1v) is 17.4. The fourth-order valence-corrected chi connectivity index (χ4v) is 7.98. The number of hydrogen-bond acceptors (Lipinski definition) is 14. The number of amidine groups is 1. The Hall–Kier alpha value is -4.37. The maximum Gasteiger partial charge on any atom is 0.418 e. The van der Waals surface area contributed by atoms with E-state index in [0.29, 0.717) is 29.3 Å². The molecule has 2 bridgehead atoms. The molecule has 5 aliphatic rings. The fraction of sp³-hybridized carbons (Fsp3) is 0.517. The lowest BCUT2D eigenvalue weighted by atomic mass is 9.40. The SMILES string of the molecule is CC1(C)[C@H](NC(=O)/C(=N\O[C@](C)(C(=O)O)[C@H]2CCc3cc(C(=N)NCC45CC(N)(C4)C5)ccc3O2)c2csc(N)n2)C(=O)N1OS(=O)(=O)O. The van der Waals surface area contributed by atoms with Gasteiger partial charge >= 0.3 is 16.4 Å². The molecule has 1 aromatic carbocycles. The molecule has 18 nitrogen and oxygen atoms in total. The predicted molar refractivity (Wildman–Crippen MR) is 173 cm³/mol. The first-order valence-electron chi connectivity index (χ1n) is 15.2. The standard InChI is InChI=1S/C29H36N8O10S2/c1-26(2)20(23(39)37(26)47-49(42,43)44)35-22(38)19(16-9-48-25(31)34-16)36-46-27(3,24(40)41)18-7-5-14-8-15(4-6-17(14)45-18)21(30)33-13-28-10-29(32,11-28)12-28/h4,6,8-9,18,20H,5,7,10-13,32H2,1-3H3,(H2,30,33)(H2,31,34)(H,35,38)(H,40,41)(H,42,43,44)/b36-19-/t18-,20-,27+,28?,29?/m1/s1. The fourth-order valence-electron chi connectivity index (χ4n) is 6.98. The zero-order chi connectivity index (χ0) is 35.7. The molecular weight excluding hydrogens is 684 g/mol. The highest BCUT2D eigenvalue weighted by atomic mass is 32.3. The number of nitrogen functional groups attached to an aromatic ring is 1. The van der Waals surface area contributed by atoms with Crippen LogP contribution in [-0.4, -0.2) is 92.8 Å². The van der Waals surface area contributed by atoms with Gasteiger partial charge in [-0.15, -0.1) is 15.6 Å². The van der Waals surface area contributed by atoms with Crippen molar-refractivity contribution >= 4 is 56.2 Å². The molecule has 3 aliphatic carbocycles. The maximum absolute atomic E-state index is 13.4. The van der Waals surface area contributed by atoms with E-state index in [1.165, 1.54) is 26.2 Å². The molecule has 3 saturated carbocycles. The Bertz CT molecular complexity index is 1880. The molecule has 3 atom stereocenters. The Morgan fingerprint density at radius 1 is 1.31 bits per heavy atom. The van der Waals surface area contributed by atoms with E-state index in [2.05, 4.69) is 25.1 Å². The largest absolute Gasteiger partial charge is 0.485 e. The topological polar surface area (TPSA) is 282 Å². The van der Waals surface area contributed by atoms with Gasteiger partial charge < -0.3 is 36.8 Å². The number of aromatic nitrogens is 1. The third-order valence-electron chi connectivity index (χ3n) is 9.58. The number of carbonyl (C=O) groups excluding carboxylic acids is 2. The van der Waals surface area contributed by atoms with Crippen molar-refractivity contribution < 1.29 is 46.3 Å². The lowest BCUT2D eigenvalue weighted by Crippen LogP contribution is -2.76. The van der Waals surface area contributed by atoms with Gasteiger partial charge in [0.15, 0.2) is 16.9 Å². The highest BCUT2D eigenvalue weighted by Crippen LogP contribution is 2.65. The van der Waals surface area contributed by atoms with Crippen molar-refractivity contribution in [2.24, 2.45) is 16.3 Å². The number of carbonyl (C=O) groups is 3. The van der Waals surface area contributed by atoms with E-state index in [9.17, 15) is 27.9 Å². The van der Waals surface area contributed by atoms with Crippen LogP contribution in [0.5, 0.6) is 5.75 Å². The number of β-lactam (4-membered cyclic amide) rings is 1. The van der Waals surface area contributed by atoms with E-state index in [4.69, 9.17) is 31.0 Å². The van der Waals surface area contributed by atoms with Crippen molar-refractivity contribution in [3.8, 4) is 5.75 Å². The Morgan fingerprint density at radius 2 is 2.00 bits per heavy atom. The summed E-state index contributed by atoms with van der Waals surface area (Å²) in [6, 6.07) is 3.86. The van der Waals surface area contributed by atoms with Crippen LogP contribution >= 0.6 is 11.3 Å². The third-order valence-corrected chi connectivity index (χ3v) is 10.6. The molecule has 49 heavy (non-hydrogen) atoms. The van der Waals surface area contributed by atoms with Crippen LogP contribution in [0.15, 0.2) is 28.7 Å². The molecule has 2 amide bonds. The monoisotopic (exact) mass is 720 g/mol. The number of rotatable bonds is 12. The summed E-state index contributed by atoms with van der Waals surface area (Å²) in [7, 11) is -5.03. The van der Waals surface area contributed by atoms with Gasteiger partial charge in [0.25, 0.3) is 17.4 Å². The number of fused-ring (bicyclic) bond motifs is 1. The average molecular weight is 721 g/mol. The van der Waals surface area contributed by atoms with Crippen LogP contribution < -0.4 is 26.8 Å². The van der Waals surface area contributed by atoms with Gasteiger partial charge in [-0.05, 0) is 82.1 Å². The first kappa shape index (κ1) is 34.5. The molecular formula is C29H36N8O10S2. The number of nitrogens with zero attached hydrogens (tertiary/aromatic N) is 3. The number of oxime groups is 1. The number of carboxylic acid groups (broad SMARTS) is 1. The van der Waals surface area contributed by atoms with Crippen molar-refractivity contribution in [1.29, 1.82) is 5.41 Å². The van der Waals surface area contributed by atoms with E-state index in [0.717, 1.165) is 36.2 Å². The minimum absolute atomic E-state index is 0.0200. The second-order valence-corrected chi connectivity index (χ2v) is 15.7. The molecule has 1 aromatic heterocycles. The predicted octanol–water partition coefficient (Wildman–Crippen LogP) is 0.319. The van der Waals surface area contributed by atoms with Gasteiger partial charge in [0.05, 0.1) is 5.54 Å². The van der Waals surface area contributed by atoms with Crippen LogP contribution in [-0.2, 0) is 40.3 Å². The molecule has 1 saturated heterocycles. The number of hydrogen-bond donors (Lipinski definition) is 7. The molecule has 2 aliphatic heterocycles. The van der Waals surface area contributed by atoms with Gasteiger partial charge in [-0.3, -0.25) is 19.6 Å². The van der Waals surface area contributed by atoms with Crippen molar-refractivity contribution in [2.75, 3.05) is 12.3 Å². The summed E-state index contributed by atoms with van der Waals surface area (Å²) in [5.41, 5.74) is 9.34. The van der Waals surface area contributed by atoms with E-state index >= 15 is 0 Å². The van der Waals surface area contributed by atoms with Crippen molar-refractivity contribution in [3.63, 3.8) is 0 Å². The maximum atomic E-state index is 13.4. The van der Waals surface area contributed by atoms with Gasteiger partial charge in [0, 0.05) is 23.0 Å². The van der Waals surface area contributed by atoms with Crippen LogP contribution in [0.1, 0.15) is 63.3 Å². The van der Waals surface area contributed by atoms with Crippen molar-refractivity contribution in [3.05, 3.63) is 40.4 Å². The number of hydroxylamine groups is 2. The lowest BCUT2D eigenvalue weighted by molar-refractivity contribution is -0.218. The Labute approximate surface area is 284 Å². The molecule has 7 rings (SSSR count). The van der Waals surface area contributed by atoms with Crippen molar-refractivity contribution in [1.82, 2.24) is 20.7 Å². The number of carboxylic acids is 1. The molecule has 4 fully saturated rings.